The van der Waals surface area contributed by atoms with Crippen LogP contribution in [0.25, 0.3) is 11.0 Å². The number of nitrogens with two attached hydrogens (primary N) is 1. The third-order valence-electron chi connectivity index (χ3n) is 5.44. The summed E-state index contributed by atoms with van der Waals surface area (Å²) in [5, 5.41) is 11.6. The maximum atomic E-state index is 6.99. The minimum atomic E-state index is 0.515. The number of nitrogens with zero attached hydrogens (tertiary/aromatic N) is 4. The zero-order chi connectivity index (χ0) is 26.2. The van der Waals surface area contributed by atoms with E-state index in [1.54, 1.807) is 6.07 Å². The van der Waals surface area contributed by atoms with Crippen LogP contribution in [0.2, 0.25) is 0 Å². The van der Waals surface area contributed by atoms with Crippen molar-refractivity contribution in [3.63, 3.8) is 0 Å². The number of anilines is 2. The van der Waals surface area contributed by atoms with Crippen LogP contribution < -0.4 is 15.4 Å². The van der Waals surface area contributed by atoms with Gasteiger partial charge in [0.05, 0.1) is 18.6 Å². The average Bonchev–Trinajstić information content (AvgIpc) is 3.34. The number of aromatic nitrogens is 2. The molecule has 3 aromatic rings. The van der Waals surface area contributed by atoms with Crippen LogP contribution >= 0.6 is 0 Å². The van der Waals surface area contributed by atoms with Crippen molar-refractivity contribution in [2.24, 2.45) is 0 Å². The molecule has 4 rings (SSSR count). The monoisotopic (exact) mass is 498 g/mol. The number of benzene rings is 1. The summed E-state index contributed by atoms with van der Waals surface area (Å²) in [5.41, 5.74) is 7.27. The number of hydrogen-bond acceptors (Lipinski definition) is 9. The fourth-order valence-corrected chi connectivity index (χ4v) is 3.76. The highest BCUT2D eigenvalue weighted by atomic mass is 16.5. The van der Waals surface area contributed by atoms with E-state index in [1.807, 2.05) is 44.2 Å². The van der Waals surface area contributed by atoms with Gasteiger partial charge in [-0.2, -0.15) is 0 Å². The number of morpholine rings is 1. The SMILES string of the molecule is CC.CCCN(CCC)c1cc(OCCN2CCOCC2)cc(N)n1.N=Cc1noc2ccccc12. The summed E-state index contributed by atoms with van der Waals surface area (Å²) in [6.07, 6.45) is 3.36. The molecule has 0 aliphatic carbocycles. The summed E-state index contributed by atoms with van der Waals surface area (Å²) in [5.74, 6) is 2.23. The molecule has 9 heteroatoms. The molecule has 0 unspecified atom stereocenters. The van der Waals surface area contributed by atoms with Crippen molar-refractivity contribution >= 4 is 28.8 Å². The van der Waals surface area contributed by atoms with Crippen molar-refractivity contribution in [2.45, 2.75) is 40.5 Å². The van der Waals surface area contributed by atoms with Crippen LogP contribution in [0.3, 0.4) is 0 Å². The Hall–Kier alpha value is -3.17. The molecule has 36 heavy (non-hydrogen) atoms. The van der Waals surface area contributed by atoms with Crippen LogP contribution in [0.15, 0.2) is 40.9 Å². The van der Waals surface area contributed by atoms with E-state index in [1.165, 1.54) is 6.21 Å². The number of rotatable bonds is 10. The Morgan fingerprint density at radius 2 is 1.81 bits per heavy atom. The first-order valence-electron chi connectivity index (χ1n) is 12.9. The third-order valence-corrected chi connectivity index (χ3v) is 5.44. The van der Waals surface area contributed by atoms with Crippen LogP contribution in [0, 0.1) is 5.41 Å². The molecule has 3 heterocycles. The minimum Gasteiger partial charge on any atom is -0.492 e. The lowest BCUT2D eigenvalue weighted by atomic mass is 10.2. The highest BCUT2D eigenvalue weighted by molar-refractivity contribution is 5.94. The maximum absolute atomic E-state index is 6.99. The number of fused-ring (bicyclic) bond motifs is 1. The standard InChI is InChI=1S/C17H30N4O2.C8H6N2O.C2H6/c1-3-5-21(6-4-2)17-14-15(13-16(18)19-17)23-12-9-20-7-10-22-11-8-20;9-5-7-6-3-1-2-4-8(6)11-10-7;1-2/h13-14H,3-12H2,1-2H3,(H2,18,19);1-5,9H;1-2H3. The van der Waals surface area contributed by atoms with Gasteiger partial charge < -0.3 is 30.0 Å². The van der Waals surface area contributed by atoms with Gasteiger partial charge in [-0.05, 0) is 25.0 Å². The van der Waals surface area contributed by atoms with Gasteiger partial charge in [-0.15, -0.1) is 0 Å². The van der Waals surface area contributed by atoms with E-state index in [0.717, 1.165) is 81.3 Å². The molecule has 2 aromatic heterocycles. The first kappa shape index (κ1) is 29.1. The fourth-order valence-electron chi connectivity index (χ4n) is 3.76. The summed E-state index contributed by atoms with van der Waals surface area (Å²) in [4.78, 5) is 9.09. The molecule has 0 radical (unpaired) electrons. The highest BCUT2D eigenvalue weighted by Gasteiger charge is 2.12. The van der Waals surface area contributed by atoms with Crippen LogP contribution in [0.5, 0.6) is 5.75 Å². The van der Waals surface area contributed by atoms with Crippen LogP contribution in [-0.2, 0) is 4.74 Å². The summed E-state index contributed by atoms with van der Waals surface area (Å²) in [7, 11) is 0. The zero-order valence-electron chi connectivity index (χ0n) is 22.2. The summed E-state index contributed by atoms with van der Waals surface area (Å²) < 4.78 is 16.2. The van der Waals surface area contributed by atoms with E-state index in [4.69, 9.17) is 25.1 Å². The predicted molar refractivity (Wildman–Crippen MR) is 147 cm³/mol. The number of ether oxygens (including phenoxy) is 2. The van der Waals surface area contributed by atoms with Gasteiger partial charge in [-0.1, -0.05) is 45.0 Å². The van der Waals surface area contributed by atoms with Gasteiger partial charge in [0.15, 0.2) is 5.58 Å². The molecule has 1 saturated heterocycles. The molecular weight excluding hydrogens is 456 g/mol. The summed E-state index contributed by atoms with van der Waals surface area (Å²) in [6, 6.07) is 11.3. The largest absolute Gasteiger partial charge is 0.492 e. The van der Waals surface area contributed by atoms with E-state index in [9.17, 15) is 0 Å². The average molecular weight is 499 g/mol. The van der Waals surface area contributed by atoms with Crippen LogP contribution in [-0.4, -0.2) is 73.8 Å². The molecule has 198 valence electrons. The van der Waals surface area contributed by atoms with Gasteiger partial charge in [0.2, 0.25) is 0 Å². The Morgan fingerprint density at radius 3 is 2.47 bits per heavy atom. The molecule has 3 N–H and O–H groups in total. The predicted octanol–water partition coefficient (Wildman–Crippen LogP) is 4.85. The van der Waals surface area contributed by atoms with Gasteiger partial charge in [-0.25, -0.2) is 4.98 Å². The van der Waals surface area contributed by atoms with Crippen molar-refractivity contribution < 1.29 is 14.0 Å². The van der Waals surface area contributed by atoms with Gasteiger partial charge >= 0.3 is 0 Å². The number of nitrogen functional groups attached to an aromatic ring is 1. The minimum absolute atomic E-state index is 0.515. The zero-order valence-corrected chi connectivity index (χ0v) is 22.2. The van der Waals surface area contributed by atoms with E-state index < -0.39 is 0 Å². The molecule has 0 saturated carbocycles. The van der Waals surface area contributed by atoms with Crippen LogP contribution in [0.4, 0.5) is 11.6 Å². The number of nitrogens with one attached hydrogen (secondary N) is 1. The van der Waals surface area contributed by atoms with Gasteiger partial charge in [0, 0.05) is 51.1 Å². The second kappa shape index (κ2) is 16.5. The summed E-state index contributed by atoms with van der Waals surface area (Å²) >= 11 is 0. The van der Waals surface area contributed by atoms with Crippen LogP contribution in [0.1, 0.15) is 46.2 Å². The van der Waals surface area contributed by atoms with Crippen molar-refractivity contribution in [3.05, 3.63) is 42.1 Å². The molecule has 0 amide bonds. The second-order valence-corrected chi connectivity index (χ2v) is 8.08. The lowest BCUT2D eigenvalue weighted by Crippen LogP contribution is -2.38. The maximum Gasteiger partial charge on any atom is 0.167 e. The van der Waals surface area contributed by atoms with E-state index in [-0.39, 0.29) is 0 Å². The normalized spacial score (nSPS) is 13.2. The van der Waals surface area contributed by atoms with Crippen molar-refractivity contribution in [2.75, 3.05) is 63.2 Å². The first-order valence-corrected chi connectivity index (χ1v) is 12.9. The fraction of sp³-hybridized carbons (Fsp3) is 0.519. The third kappa shape index (κ3) is 9.13. The lowest BCUT2D eigenvalue weighted by Gasteiger charge is -2.26. The summed E-state index contributed by atoms with van der Waals surface area (Å²) in [6.45, 7) is 15.5. The van der Waals surface area contributed by atoms with E-state index in [0.29, 0.717) is 18.1 Å². The number of para-hydroxylation sites is 1. The Labute approximate surface area is 215 Å². The van der Waals surface area contributed by atoms with Gasteiger partial charge in [0.1, 0.15) is 29.7 Å². The lowest BCUT2D eigenvalue weighted by molar-refractivity contribution is 0.0322. The molecule has 0 spiro atoms. The van der Waals surface area contributed by atoms with Crippen molar-refractivity contribution in [1.82, 2.24) is 15.0 Å². The second-order valence-electron chi connectivity index (χ2n) is 8.08. The highest BCUT2D eigenvalue weighted by Crippen LogP contribution is 2.22. The first-order chi connectivity index (χ1) is 17.6. The molecule has 1 aliphatic rings. The van der Waals surface area contributed by atoms with Gasteiger partial charge in [-0.3, -0.25) is 4.90 Å². The molecule has 1 fully saturated rings. The van der Waals surface area contributed by atoms with Crippen molar-refractivity contribution in [3.8, 4) is 5.75 Å². The Morgan fingerprint density at radius 1 is 1.11 bits per heavy atom. The molecule has 9 nitrogen and oxygen atoms in total. The smallest absolute Gasteiger partial charge is 0.167 e. The van der Waals surface area contributed by atoms with Gasteiger partial charge in [0.25, 0.3) is 0 Å². The molecule has 0 bridgehead atoms. The molecular formula is C27H42N6O3. The van der Waals surface area contributed by atoms with Crippen molar-refractivity contribution in [1.29, 1.82) is 5.41 Å². The topological polar surface area (TPSA) is 114 Å². The van der Waals surface area contributed by atoms with E-state index >= 15 is 0 Å². The van der Waals surface area contributed by atoms with E-state index in [2.05, 4.69) is 33.8 Å². The molecule has 0 atom stereocenters. The molecule has 1 aromatic carbocycles. The molecule has 1 aliphatic heterocycles. The Balaban J connectivity index is 0.000000291. The number of hydrogen-bond donors (Lipinski definition) is 2. The number of pyridine rings is 1. The Bertz CT molecular complexity index is 1010. The Kier molecular flexibility index (Phi) is 13.3. The quantitative estimate of drug-likeness (QED) is 0.381.